The second-order valence-electron chi connectivity index (χ2n) is 14.4. The maximum atomic E-state index is 14.2. The SMILES string of the molecule is C=CCOC(=O)N1c2cc(OCCCC(=O)Nc3cn(C)c(C(=O)Nc4ccc5sc(C)cc5c4)n3)c(C)cc2C(=O)N2CCCC[C@H]2C1OC1CCCCO1. The van der Waals surface area contributed by atoms with Crippen molar-refractivity contribution in [1.29, 1.82) is 0 Å². The molecule has 2 aromatic carbocycles. The summed E-state index contributed by atoms with van der Waals surface area (Å²) < 4.78 is 27.0. The Kier molecular flexibility index (Phi) is 12.0. The number of anilines is 3. The molecule has 3 atom stereocenters. The van der Waals surface area contributed by atoms with Gasteiger partial charge in [0.25, 0.3) is 11.8 Å². The largest absolute Gasteiger partial charge is 0.493 e. The molecular weight excluding hydrogens is 737 g/mol. The highest BCUT2D eigenvalue weighted by Gasteiger charge is 2.46. The van der Waals surface area contributed by atoms with Crippen LogP contribution in [0.2, 0.25) is 0 Å². The van der Waals surface area contributed by atoms with Gasteiger partial charge in [-0.1, -0.05) is 12.7 Å². The van der Waals surface area contributed by atoms with Crippen molar-refractivity contribution in [2.45, 2.75) is 83.8 Å². The van der Waals surface area contributed by atoms with Crippen LogP contribution < -0.4 is 20.3 Å². The Morgan fingerprint density at radius 2 is 1.91 bits per heavy atom. The van der Waals surface area contributed by atoms with Crippen LogP contribution in [0.3, 0.4) is 0 Å². The van der Waals surface area contributed by atoms with E-state index in [1.54, 1.807) is 41.3 Å². The van der Waals surface area contributed by atoms with Crippen molar-refractivity contribution >= 4 is 62.4 Å². The number of piperidine rings is 1. The molecule has 2 N–H and O–H groups in total. The minimum absolute atomic E-state index is 0.0176. The fraction of sp³-hybridized carbons (Fsp3) is 0.439. The molecule has 7 rings (SSSR count). The molecule has 0 bridgehead atoms. The standard InChI is InChI=1S/C41H48N6O8S/c1-5-17-54-41(51)47-31-23-32(25(2)20-29(31)39(50)46-16-8-6-11-30(46)40(47)55-36-13-7-9-18-53-36)52-19-10-12-35(48)43-34-24-45(4)37(44-34)38(49)42-28-14-15-33-27(22-28)21-26(3)56-33/h5,14-15,20-24,30,36,40H,1,6-13,16-19H2,2-4H3,(H,42,49)(H,43,48)/t30-,36?,40?/m0/s1. The minimum atomic E-state index is -0.849. The van der Waals surface area contributed by atoms with E-state index in [0.29, 0.717) is 60.7 Å². The van der Waals surface area contributed by atoms with Gasteiger partial charge >= 0.3 is 6.09 Å². The zero-order valence-corrected chi connectivity index (χ0v) is 32.8. The van der Waals surface area contributed by atoms with Gasteiger partial charge in [-0.05, 0) is 100 Å². The molecule has 0 aliphatic carbocycles. The molecule has 15 heteroatoms. The average molecular weight is 785 g/mol. The zero-order valence-electron chi connectivity index (χ0n) is 32.0. The molecule has 2 unspecified atom stereocenters. The van der Waals surface area contributed by atoms with Gasteiger partial charge < -0.3 is 39.0 Å². The smallest absolute Gasteiger partial charge is 0.416 e. The van der Waals surface area contributed by atoms with Crippen molar-refractivity contribution < 1.29 is 38.1 Å². The summed E-state index contributed by atoms with van der Waals surface area (Å²) >= 11 is 1.69. The van der Waals surface area contributed by atoms with Gasteiger partial charge in [0.15, 0.2) is 18.3 Å². The first-order valence-corrected chi connectivity index (χ1v) is 20.0. The lowest BCUT2D eigenvalue weighted by atomic mass is 10.00. The number of carbonyl (C=O) groups is 4. The number of hydrogen-bond acceptors (Lipinski definition) is 10. The van der Waals surface area contributed by atoms with Crippen molar-refractivity contribution in [3.8, 4) is 5.75 Å². The third-order valence-corrected chi connectivity index (χ3v) is 11.2. The number of rotatable bonds is 12. The van der Waals surface area contributed by atoms with E-state index in [-0.39, 0.29) is 43.1 Å². The molecule has 56 heavy (non-hydrogen) atoms. The molecule has 0 saturated carbocycles. The molecule has 14 nitrogen and oxygen atoms in total. The van der Waals surface area contributed by atoms with Gasteiger partial charge in [0.2, 0.25) is 11.7 Å². The Hall–Kier alpha value is -5.25. The molecule has 2 aromatic heterocycles. The van der Waals surface area contributed by atoms with E-state index in [9.17, 15) is 19.2 Å². The summed E-state index contributed by atoms with van der Waals surface area (Å²) in [5.41, 5.74) is 2.04. The molecule has 4 amide bonds. The number of nitrogens with zero attached hydrogens (tertiary/aromatic N) is 4. The van der Waals surface area contributed by atoms with Gasteiger partial charge in [0.05, 0.1) is 23.9 Å². The maximum absolute atomic E-state index is 14.2. The van der Waals surface area contributed by atoms with Crippen LogP contribution in [0.15, 0.2) is 55.3 Å². The third kappa shape index (κ3) is 8.59. The van der Waals surface area contributed by atoms with E-state index in [2.05, 4.69) is 28.3 Å². The van der Waals surface area contributed by atoms with Crippen LogP contribution in [-0.4, -0.2) is 83.2 Å². The maximum Gasteiger partial charge on any atom is 0.416 e. The number of aryl methyl sites for hydroxylation is 3. The second-order valence-corrected chi connectivity index (χ2v) is 15.7. The van der Waals surface area contributed by atoms with Gasteiger partial charge in [0.1, 0.15) is 12.4 Å². The summed E-state index contributed by atoms with van der Waals surface area (Å²) in [5, 5.41) is 6.72. The first-order valence-electron chi connectivity index (χ1n) is 19.2. The molecule has 4 aromatic rings. The molecule has 0 radical (unpaired) electrons. The van der Waals surface area contributed by atoms with E-state index in [0.717, 1.165) is 35.8 Å². The van der Waals surface area contributed by atoms with E-state index in [1.807, 2.05) is 36.9 Å². The fourth-order valence-electron chi connectivity index (χ4n) is 7.50. The Morgan fingerprint density at radius 1 is 1.07 bits per heavy atom. The number of nitrogens with one attached hydrogen (secondary N) is 2. The van der Waals surface area contributed by atoms with Crippen molar-refractivity contribution in [3.05, 3.63) is 77.1 Å². The van der Waals surface area contributed by atoms with Gasteiger partial charge in [-0.25, -0.2) is 14.7 Å². The number of hydrogen-bond donors (Lipinski definition) is 2. The average Bonchev–Trinajstić information content (AvgIpc) is 3.73. The molecule has 5 heterocycles. The van der Waals surface area contributed by atoms with E-state index in [4.69, 9.17) is 18.9 Å². The lowest BCUT2D eigenvalue weighted by molar-refractivity contribution is -0.198. The van der Waals surface area contributed by atoms with Crippen molar-refractivity contribution in [2.75, 3.05) is 41.9 Å². The number of aromatic nitrogens is 2. The lowest BCUT2D eigenvalue weighted by Crippen LogP contribution is -2.57. The predicted octanol–water partition coefficient (Wildman–Crippen LogP) is 7.31. The summed E-state index contributed by atoms with van der Waals surface area (Å²) in [6.45, 7) is 8.84. The van der Waals surface area contributed by atoms with Crippen LogP contribution in [-0.2, 0) is 26.1 Å². The number of imidazole rings is 1. The summed E-state index contributed by atoms with van der Waals surface area (Å²) in [6, 6.07) is 10.9. The highest BCUT2D eigenvalue weighted by atomic mass is 32.1. The first kappa shape index (κ1) is 39.0. The quantitative estimate of drug-likeness (QED) is 0.111. The number of amides is 4. The number of benzene rings is 2. The molecule has 0 spiro atoms. The predicted molar refractivity (Wildman–Crippen MR) is 213 cm³/mol. The van der Waals surface area contributed by atoms with E-state index >= 15 is 0 Å². The van der Waals surface area contributed by atoms with Crippen LogP contribution in [0.1, 0.15) is 82.8 Å². The van der Waals surface area contributed by atoms with Gasteiger partial charge in [0, 0.05) is 54.1 Å². The first-order chi connectivity index (χ1) is 27.1. The normalized spacial score (nSPS) is 19.5. The van der Waals surface area contributed by atoms with Crippen LogP contribution in [0.25, 0.3) is 10.1 Å². The molecule has 3 aliphatic heterocycles. The Bertz CT molecular complexity index is 2120. The Morgan fingerprint density at radius 3 is 2.71 bits per heavy atom. The van der Waals surface area contributed by atoms with Gasteiger partial charge in [-0.2, -0.15) is 0 Å². The topological polar surface area (TPSA) is 154 Å². The number of ether oxygens (including phenoxy) is 4. The number of fused-ring (bicyclic) bond motifs is 3. The molecular formula is C41H48N6O8S. The van der Waals surface area contributed by atoms with Crippen molar-refractivity contribution in [2.24, 2.45) is 7.05 Å². The highest BCUT2D eigenvalue weighted by molar-refractivity contribution is 7.19. The molecule has 2 saturated heterocycles. The molecule has 296 valence electrons. The zero-order chi connectivity index (χ0) is 39.3. The summed E-state index contributed by atoms with van der Waals surface area (Å²) in [5.74, 6) is -0.000260. The molecule has 3 aliphatic rings. The van der Waals surface area contributed by atoms with Crippen LogP contribution in [0, 0.1) is 13.8 Å². The monoisotopic (exact) mass is 784 g/mol. The van der Waals surface area contributed by atoms with Gasteiger partial charge in [-0.3, -0.25) is 14.4 Å². The van der Waals surface area contributed by atoms with Crippen LogP contribution >= 0.6 is 11.3 Å². The van der Waals surface area contributed by atoms with Gasteiger partial charge in [-0.15, -0.1) is 11.3 Å². The summed E-state index contributed by atoms with van der Waals surface area (Å²) in [6.07, 6.45) is 6.47. The van der Waals surface area contributed by atoms with E-state index < -0.39 is 30.6 Å². The Balaban J connectivity index is 1.02. The van der Waals surface area contributed by atoms with Crippen molar-refractivity contribution in [1.82, 2.24) is 14.5 Å². The second kappa shape index (κ2) is 17.3. The fourth-order valence-corrected chi connectivity index (χ4v) is 8.40. The molecule has 2 fully saturated rings. The van der Waals surface area contributed by atoms with Crippen LogP contribution in [0.5, 0.6) is 5.75 Å². The van der Waals surface area contributed by atoms with Crippen molar-refractivity contribution in [3.63, 3.8) is 0 Å². The summed E-state index contributed by atoms with van der Waals surface area (Å²) in [4.78, 5) is 62.8. The van der Waals surface area contributed by atoms with E-state index in [1.165, 1.54) is 15.9 Å². The minimum Gasteiger partial charge on any atom is -0.493 e. The highest BCUT2D eigenvalue weighted by Crippen LogP contribution is 2.40. The number of thiophene rings is 1. The van der Waals surface area contributed by atoms with Crippen LogP contribution in [0.4, 0.5) is 22.0 Å². The number of carbonyl (C=O) groups excluding carboxylic acids is 4. The lowest BCUT2D eigenvalue weighted by Gasteiger charge is -2.42. The Labute approximate surface area is 329 Å². The third-order valence-electron chi connectivity index (χ3n) is 10.2. The summed E-state index contributed by atoms with van der Waals surface area (Å²) in [7, 11) is 1.69.